The lowest BCUT2D eigenvalue weighted by atomic mass is 10.1. The van der Waals surface area contributed by atoms with Crippen LogP contribution in [0.2, 0.25) is 5.02 Å². The number of aromatic nitrogens is 2. The van der Waals surface area contributed by atoms with Gasteiger partial charge in [0.25, 0.3) is 0 Å². The molecule has 0 bridgehead atoms. The molecule has 0 atom stereocenters. The van der Waals surface area contributed by atoms with E-state index in [1.54, 1.807) is 12.3 Å². The fraction of sp³-hybridized carbons (Fsp3) is 0.0952. The van der Waals surface area contributed by atoms with Gasteiger partial charge in [-0.2, -0.15) is 0 Å². The number of anilines is 1. The predicted octanol–water partition coefficient (Wildman–Crippen LogP) is 4.97. The molecule has 1 N–H and O–H groups in total. The van der Waals surface area contributed by atoms with Crippen LogP contribution >= 0.6 is 11.6 Å². The van der Waals surface area contributed by atoms with Gasteiger partial charge in [-0.3, -0.25) is 9.78 Å². The quantitative estimate of drug-likeness (QED) is 0.545. The van der Waals surface area contributed by atoms with Crippen molar-refractivity contribution in [3.05, 3.63) is 71.4 Å². The van der Waals surface area contributed by atoms with Crippen molar-refractivity contribution in [3.8, 4) is 5.75 Å². The number of benzene rings is 2. The zero-order chi connectivity index (χ0) is 18.8. The standard InChI is InChI=1S/C21H16ClN3O2/c1-13(26)24-20-9-5-15-11-14(4-7-18(15)25-20)12-27-19-8-6-17(22)16-3-2-10-23-21(16)19/h2-11H,12H2,1H3,(H,24,25,26). The first kappa shape index (κ1) is 17.2. The van der Waals surface area contributed by atoms with Crippen LogP contribution in [-0.2, 0) is 11.4 Å². The van der Waals surface area contributed by atoms with Gasteiger partial charge in [0.15, 0.2) is 0 Å². The second-order valence-electron chi connectivity index (χ2n) is 6.14. The number of carbonyl (C=O) groups excluding carboxylic acids is 1. The van der Waals surface area contributed by atoms with Crippen LogP contribution in [0, 0.1) is 0 Å². The van der Waals surface area contributed by atoms with Gasteiger partial charge in [-0.1, -0.05) is 17.7 Å². The minimum Gasteiger partial charge on any atom is -0.487 e. The molecule has 2 aromatic heterocycles. The van der Waals surface area contributed by atoms with E-state index >= 15 is 0 Å². The van der Waals surface area contributed by atoms with Crippen LogP contribution in [0.5, 0.6) is 5.75 Å². The number of nitrogens with one attached hydrogen (secondary N) is 1. The van der Waals surface area contributed by atoms with Gasteiger partial charge in [-0.25, -0.2) is 4.98 Å². The molecule has 0 saturated heterocycles. The molecule has 4 aromatic rings. The Morgan fingerprint density at radius 1 is 1.15 bits per heavy atom. The molecule has 6 heteroatoms. The number of amides is 1. The number of carbonyl (C=O) groups is 1. The van der Waals surface area contributed by atoms with Gasteiger partial charge >= 0.3 is 0 Å². The number of hydrogen-bond donors (Lipinski definition) is 1. The maximum atomic E-state index is 11.2. The van der Waals surface area contributed by atoms with Gasteiger partial charge in [-0.05, 0) is 54.1 Å². The van der Waals surface area contributed by atoms with Gasteiger partial charge in [0.1, 0.15) is 23.7 Å². The molecule has 0 unspecified atom stereocenters. The smallest absolute Gasteiger partial charge is 0.222 e. The van der Waals surface area contributed by atoms with Crippen molar-refractivity contribution in [1.82, 2.24) is 9.97 Å². The number of ether oxygens (including phenoxy) is 1. The first-order chi connectivity index (χ1) is 13.1. The van der Waals surface area contributed by atoms with Crippen LogP contribution in [0.25, 0.3) is 21.8 Å². The van der Waals surface area contributed by atoms with Gasteiger partial charge in [-0.15, -0.1) is 0 Å². The molecule has 0 saturated carbocycles. The average molecular weight is 378 g/mol. The van der Waals surface area contributed by atoms with E-state index in [0.717, 1.165) is 27.4 Å². The molecule has 27 heavy (non-hydrogen) atoms. The van der Waals surface area contributed by atoms with E-state index in [9.17, 15) is 4.79 Å². The van der Waals surface area contributed by atoms with E-state index in [2.05, 4.69) is 15.3 Å². The van der Waals surface area contributed by atoms with Crippen molar-refractivity contribution in [2.75, 3.05) is 5.32 Å². The van der Waals surface area contributed by atoms with E-state index in [4.69, 9.17) is 16.3 Å². The van der Waals surface area contributed by atoms with Gasteiger partial charge < -0.3 is 10.1 Å². The highest BCUT2D eigenvalue weighted by molar-refractivity contribution is 6.35. The zero-order valence-electron chi connectivity index (χ0n) is 14.6. The van der Waals surface area contributed by atoms with Gasteiger partial charge in [0.05, 0.1) is 10.5 Å². The summed E-state index contributed by atoms with van der Waals surface area (Å²) in [5.74, 6) is 1.09. The van der Waals surface area contributed by atoms with Crippen molar-refractivity contribution < 1.29 is 9.53 Å². The van der Waals surface area contributed by atoms with Crippen LogP contribution < -0.4 is 10.1 Å². The van der Waals surface area contributed by atoms with Crippen LogP contribution in [0.1, 0.15) is 12.5 Å². The Kier molecular flexibility index (Phi) is 4.60. The highest BCUT2D eigenvalue weighted by Crippen LogP contribution is 2.30. The van der Waals surface area contributed by atoms with Crippen LogP contribution in [0.15, 0.2) is 60.8 Å². The number of halogens is 1. The predicted molar refractivity (Wildman–Crippen MR) is 107 cm³/mol. The lowest BCUT2D eigenvalue weighted by molar-refractivity contribution is -0.114. The van der Waals surface area contributed by atoms with Crippen molar-refractivity contribution >= 4 is 45.1 Å². The summed E-state index contributed by atoms with van der Waals surface area (Å²) < 4.78 is 5.99. The van der Waals surface area contributed by atoms with E-state index < -0.39 is 0 Å². The third-order valence-electron chi connectivity index (χ3n) is 4.13. The maximum Gasteiger partial charge on any atom is 0.222 e. The molecular weight excluding hydrogens is 362 g/mol. The van der Waals surface area contributed by atoms with E-state index in [1.165, 1.54) is 6.92 Å². The Hall–Kier alpha value is -3.18. The Morgan fingerprint density at radius 3 is 2.89 bits per heavy atom. The number of pyridine rings is 2. The van der Waals surface area contributed by atoms with Gasteiger partial charge in [0, 0.05) is 23.9 Å². The number of hydrogen-bond acceptors (Lipinski definition) is 4. The summed E-state index contributed by atoms with van der Waals surface area (Å²) in [6.45, 7) is 1.86. The first-order valence-corrected chi connectivity index (χ1v) is 8.81. The molecule has 4 rings (SSSR count). The lowest BCUT2D eigenvalue weighted by Gasteiger charge is -2.10. The molecular formula is C21H16ClN3O2. The topological polar surface area (TPSA) is 64.1 Å². The molecule has 2 heterocycles. The Balaban J connectivity index is 1.57. The second kappa shape index (κ2) is 7.21. The monoisotopic (exact) mass is 377 g/mol. The molecule has 134 valence electrons. The summed E-state index contributed by atoms with van der Waals surface area (Å²) in [6.07, 6.45) is 1.72. The molecule has 0 spiro atoms. The second-order valence-corrected chi connectivity index (χ2v) is 6.55. The molecule has 5 nitrogen and oxygen atoms in total. The molecule has 0 aliphatic carbocycles. The molecule has 1 amide bonds. The fourth-order valence-electron chi connectivity index (χ4n) is 2.90. The van der Waals surface area contributed by atoms with E-state index in [-0.39, 0.29) is 5.91 Å². The van der Waals surface area contributed by atoms with E-state index in [0.29, 0.717) is 23.2 Å². The summed E-state index contributed by atoms with van der Waals surface area (Å²) in [5, 5.41) is 5.18. The summed E-state index contributed by atoms with van der Waals surface area (Å²) in [6, 6.07) is 17.0. The Morgan fingerprint density at radius 2 is 2.04 bits per heavy atom. The minimum atomic E-state index is -0.143. The first-order valence-electron chi connectivity index (χ1n) is 8.43. The largest absolute Gasteiger partial charge is 0.487 e. The van der Waals surface area contributed by atoms with Gasteiger partial charge in [0.2, 0.25) is 5.91 Å². The van der Waals surface area contributed by atoms with Crippen LogP contribution in [-0.4, -0.2) is 15.9 Å². The highest BCUT2D eigenvalue weighted by Gasteiger charge is 2.08. The molecule has 2 aromatic carbocycles. The Labute approximate surface area is 161 Å². The zero-order valence-corrected chi connectivity index (χ0v) is 15.3. The Bertz CT molecular complexity index is 1160. The van der Waals surface area contributed by atoms with Crippen molar-refractivity contribution in [2.45, 2.75) is 13.5 Å². The molecule has 0 aliphatic heterocycles. The summed E-state index contributed by atoms with van der Waals surface area (Å²) in [4.78, 5) is 20.0. The van der Waals surface area contributed by atoms with Crippen molar-refractivity contribution in [2.24, 2.45) is 0 Å². The molecule has 0 fully saturated rings. The average Bonchev–Trinajstić information content (AvgIpc) is 2.67. The van der Waals surface area contributed by atoms with E-state index in [1.807, 2.05) is 48.5 Å². The maximum absolute atomic E-state index is 11.2. The molecule has 0 radical (unpaired) electrons. The lowest BCUT2D eigenvalue weighted by Crippen LogP contribution is -2.07. The number of fused-ring (bicyclic) bond motifs is 2. The van der Waals surface area contributed by atoms with Crippen molar-refractivity contribution in [3.63, 3.8) is 0 Å². The molecule has 0 aliphatic rings. The fourth-order valence-corrected chi connectivity index (χ4v) is 3.12. The summed E-state index contributed by atoms with van der Waals surface area (Å²) in [5.41, 5.74) is 2.56. The van der Waals surface area contributed by atoms with Crippen LogP contribution in [0.4, 0.5) is 5.82 Å². The van der Waals surface area contributed by atoms with Crippen LogP contribution in [0.3, 0.4) is 0 Å². The highest BCUT2D eigenvalue weighted by atomic mass is 35.5. The number of rotatable bonds is 4. The third-order valence-corrected chi connectivity index (χ3v) is 4.46. The third kappa shape index (κ3) is 3.68. The van der Waals surface area contributed by atoms with Crippen molar-refractivity contribution in [1.29, 1.82) is 0 Å². The SMILES string of the molecule is CC(=O)Nc1ccc2cc(COc3ccc(Cl)c4cccnc34)ccc2n1. The summed E-state index contributed by atoms with van der Waals surface area (Å²) in [7, 11) is 0. The number of nitrogens with zero attached hydrogens (tertiary/aromatic N) is 2. The normalized spacial score (nSPS) is 10.9. The summed E-state index contributed by atoms with van der Waals surface area (Å²) >= 11 is 6.23. The minimum absolute atomic E-state index is 0.143.